The first-order valence-corrected chi connectivity index (χ1v) is 8.97. The monoisotopic (exact) mass is 394 g/mol. The van der Waals surface area contributed by atoms with E-state index in [0.717, 1.165) is 32.2 Å². The van der Waals surface area contributed by atoms with Crippen LogP contribution in [0.2, 0.25) is 0 Å². The molecule has 1 aromatic heterocycles. The lowest BCUT2D eigenvalue weighted by Crippen LogP contribution is -2.34. The van der Waals surface area contributed by atoms with E-state index in [9.17, 15) is 26.9 Å². The third-order valence-electron chi connectivity index (χ3n) is 3.70. The molecule has 0 aromatic carbocycles. The third kappa shape index (κ3) is 18.5. The Kier molecular flexibility index (Phi) is 12.9. The van der Waals surface area contributed by atoms with Gasteiger partial charge >= 0.3 is 13.2 Å². The molecule has 1 heterocycles. The van der Waals surface area contributed by atoms with Crippen LogP contribution in [0.3, 0.4) is 0 Å². The van der Waals surface area contributed by atoms with Crippen molar-refractivity contribution in [3.63, 3.8) is 0 Å². The van der Waals surface area contributed by atoms with Crippen molar-refractivity contribution in [2.45, 2.75) is 64.3 Å². The van der Waals surface area contributed by atoms with E-state index in [1.54, 1.807) is 12.3 Å². The molecule has 1 aromatic rings. The number of nitrogens with two attached hydrogens (primary N) is 1. The molecule has 3 N–H and O–H groups in total. The summed E-state index contributed by atoms with van der Waals surface area (Å²) in [4.78, 5) is 21.4. The van der Waals surface area contributed by atoms with E-state index >= 15 is 0 Å². The Morgan fingerprint density at radius 3 is 1.93 bits per heavy atom. The summed E-state index contributed by atoms with van der Waals surface area (Å²) in [7, 11) is -6.00. The Balaban J connectivity index is 0.00000119. The van der Waals surface area contributed by atoms with Gasteiger partial charge in [-0.25, -0.2) is 4.57 Å². The zero-order valence-electron chi connectivity index (χ0n) is 15.3. The summed E-state index contributed by atoms with van der Waals surface area (Å²) in [5.41, 5.74) is 5.80. The molecule has 5 nitrogen and oxygen atoms in total. The molecule has 0 saturated heterocycles. The highest BCUT2D eigenvalue weighted by molar-refractivity contribution is 6.50. The van der Waals surface area contributed by atoms with Crippen LogP contribution in [-0.2, 0) is 11.3 Å². The number of aromatic nitrogens is 1. The van der Waals surface area contributed by atoms with Crippen LogP contribution in [-0.4, -0.2) is 24.2 Å². The third-order valence-corrected chi connectivity index (χ3v) is 3.70. The summed E-state index contributed by atoms with van der Waals surface area (Å²) >= 11 is 0. The number of amides is 1. The van der Waals surface area contributed by atoms with Gasteiger partial charge in [0.25, 0.3) is 5.91 Å². The molecule has 154 valence electrons. The summed E-state index contributed by atoms with van der Waals surface area (Å²) in [6, 6.07) is 3.57. The van der Waals surface area contributed by atoms with Crippen molar-refractivity contribution >= 4 is 19.1 Å². The van der Waals surface area contributed by atoms with Gasteiger partial charge in [-0.2, -0.15) is 0 Å². The second kappa shape index (κ2) is 14.0. The fraction of sp³-hybridized carbons (Fsp3) is 0.588. The van der Waals surface area contributed by atoms with E-state index in [1.807, 2.05) is 16.8 Å². The largest absolute Gasteiger partial charge is 0.673 e. The first kappa shape index (κ1) is 24.9. The predicted octanol–water partition coefficient (Wildman–Crippen LogP) is 3.97. The van der Waals surface area contributed by atoms with Crippen LogP contribution in [0.15, 0.2) is 24.5 Å². The summed E-state index contributed by atoms with van der Waals surface area (Å²) in [5, 5.41) is 8.53. The number of carboxylic acids is 1. The summed E-state index contributed by atoms with van der Waals surface area (Å²) in [6.07, 6.45) is 12.8. The second-order valence-electron chi connectivity index (χ2n) is 6.16. The van der Waals surface area contributed by atoms with E-state index in [4.69, 9.17) is 10.8 Å². The Morgan fingerprint density at radius 2 is 1.44 bits per heavy atom. The van der Waals surface area contributed by atoms with E-state index < -0.39 is 19.1 Å². The fourth-order valence-corrected chi connectivity index (χ4v) is 2.44. The molecular weight excluding hydrogens is 367 g/mol. The lowest BCUT2D eigenvalue weighted by Gasteiger charge is -2.01. The quantitative estimate of drug-likeness (QED) is 0.244. The van der Waals surface area contributed by atoms with Gasteiger partial charge in [0.1, 0.15) is 12.1 Å². The number of carboxylic acid groups (broad SMARTS) is 1. The van der Waals surface area contributed by atoms with Gasteiger partial charge in [-0.05, 0) is 18.9 Å². The SMILES string of the molecule is F[B-](F)(F)F.NC(=O)c1ccc[n+](CCCCCCCCCCC(=O)O)c1. The molecule has 1 rings (SSSR count). The molecule has 10 heteroatoms. The number of hydrogen-bond acceptors (Lipinski definition) is 2. The van der Waals surface area contributed by atoms with Crippen molar-refractivity contribution in [2.24, 2.45) is 5.73 Å². The lowest BCUT2D eigenvalue weighted by atomic mass is 10.1. The molecule has 0 spiro atoms. The second-order valence-corrected chi connectivity index (χ2v) is 6.16. The molecule has 0 aliphatic rings. The van der Waals surface area contributed by atoms with Crippen LogP contribution in [0.25, 0.3) is 0 Å². The lowest BCUT2D eigenvalue weighted by molar-refractivity contribution is -0.697. The number of unbranched alkanes of at least 4 members (excludes halogenated alkanes) is 7. The topological polar surface area (TPSA) is 84.3 Å². The van der Waals surface area contributed by atoms with Crippen LogP contribution in [0, 0.1) is 0 Å². The van der Waals surface area contributed by atoms with E-state index in [2.05, 4.69) is 0 Å². The van der Waals surface area contributed by atoms with E-state index in [0.29, 0.717) is 12.0 Å². The zero-order valence-corrected chi connectivity index (χ0v) is 15.3. The van der Waals surface area contributed by atoms with Crippen LogP contribution >= 0.6 is 0 Å². The minimum absolute atomic E-state index is 0.293. The Labute approximate surface area is 156 Å². The summed E-state index contributed by atoms with van der Waals surface area (Å²) < 4.78 is 41.0. The van der Waals surface area contributed by atoms with Gasteiger partial charge in [0.05, 0.1) is 0 Å². The van der Waals surface area contributed by atoms with Gasteiger partial charge in [-0.3, -0.25) is 9.59 Å². The van der Waals surface area contributed by atoms with Crippen molar-refractivity contribution < 1.29 is 36.5 Å². The van der Waals surface area contributed by atoms with Crippen LogP contribution in [0.1, 0.15) is 68.1 Å². The minimum Gasteiger partial charge on any atom is -0.481 e. The normalized spacial score (nSPS) is 10.8. The fourth-order valence-electron chi connectivity index (χ4n) is 2.44. The standard InChI is InChI=1S/C17H26N2O3.BF4/c18-17(22)15-10-9-13-19(14-15)12-8-6-4-2-1-3-5-7-11-16(20)21;2-1(3,4)5/h9-10,13-14H,1-8,11-12H2,(H2-,18,20,21,22);/q;-1/p+1. The van der Waals surface area contributed by atoms with Gasteiger partial charge in [0, 0.05) is 18.9 Å². The number of halogens is 4. The molecule has 0 unspecified atom stereocenters. The van der Waals surface area contributed by atoms with Gasteiger partial charge in [0.15, 0.2) is 12.4 Å². The summed E-state index contributed by atoms with van der Waals surface area (Å²) in [5.74, 6) is -1.09. The highest BCUT2D eigenvalue weighted by atomic mass is 19.5. The molecule has 0 fully saturated rings. The first-order chi connectivity index (χ1) is 12.6. The highest BCUT2D eigenvalue weighted by Gasteiger charge is 2.20. The highest BCUT2D eigenvalue weighted by Crippen LogP contribution is 2.09. The van der Waals surface area contributed by atoms with Crippen molar-refractivity contribution in [2.75, 3.05) is 0 Å². The maximum atomic E-state index is 11.1. The molecule has 0 atom stereocenters. The van der Waals surface area contributed by atoms with Crippen molar-refractivity contribution in [3.8, 4) is 0 Å². The molecule has 0 saturated carbocycles. The first-order valence-electron chi connectivity index (χ1n) is 8.97. The Morgan fingerprint density at radius 1 is 0.963 bits per heavy atom. The molecule has 27 heavy (non-hydrogen) atoms. The smallest absolute Gasteiger partial charge is 0.481 e. The maximum Gasteiger partial charge on any atom is 0.673 e. The van der Waals surface area contributed by atoms with Gasteiger partial charge < -0.3 is 28.1 Å². The molecular formula is C17H27BF4N2O3. The molecule has 0 aliphatic heterocycles. The maximum absolute atomic E-state index is 11.1. The molecule has 0 bridgehead atoms. The Bertz CT molecular complexity index is 565. The number of aliphatic carboxylic acids is 1. The molecule has 0 aliphatic carbocycles. The zero-order chi connectivity index (χ0) is 20.7. The summed E-state index contributed by atoms with van der Waals surface area (Å²) in [6.45, 7) is 0.903. The van der Waals surface area contributed by atoms with Crippen LogP contribution < -0.4 is 10.3 Å². The van der Waals surface area contributed by atoms with Gasteiger partial charge in [-0.15, -0.1) is 0 Å². The van der Waals surface area contributed by atoms with Crippen LogP contribution in [0.5, 0.6) is 0 Å². The molecule has 1 amide bonds. The number of carbonyl (C=O) groups excluding carboxylic acids is 1. The van der Waals surface area contributed by atoms with Gasteiger partial charge in [0.2, 0.25) is 0 Å². The van der Waals surface area contributed by atoms with E-state index in [1.165, 1.54) is 25.7 Å². The van der Waals surface area contributed by atoms with Crippen LogP contribution in [0.4, 0.5) is 17.3 Å². The number of rotatable bonds is 12. The van der Waals surface area contributed by atoms with E-state index in [-0.39, 0.29) is 0 Å². The van der Waals surface area contributed by atoms with Crippen molar-refractivity contribution in [3.05, 3.63) is 30.1 Å². The number of nitrogens with zero attached hydrogens (tertiary/aromatic N) is 1. The van der Waals surface area contributed by atoms with Gasteiger partial charge in [-0.1, -0.05) is 32.1 Å². The minimum atomic E-state index is -6.00. The number of pyridine rings is 1. The van der Waals surface area contributed by atoms with Crippen molar-refractivity contribution in [1.82, 2.24) is 0 Å². The number of carbonyl (C=O) groups is 2. The Hall–Kier alpha value is -2.13. The average molecular weight is 394 g/mol. The number of primary amides is 1. The number of hydrogen-bond donors (Lipinski definition) is 2. The molecule has 0 radical (unpaired) electrons. The number of aryl methyl sites for hydroxylation is 1. The van der Waals surface area contributed by atoms with Crippen molar-refractivity contribution in [1.29, 1.82) is 0 Å². The average Bonchev–Trinajstić information content (AvgIpc) is 2.55. The predicted molar refractivity (Wildman–Crippen MR) is 94.5 cm³/mol.